The van der Waals surface area contributed by atoms with E-state index in [1.54, 1.807) is 14.2 Å². The van der Waals surface area contributed by atoms with Crippen LogP contribution in [0.25, 0.3) is 0 Å². The van der Waals surface area contributed by atoms with Gasteiger partial charge in [-0.3, -0.25) is 4.90 Å². The third-order valence-electron chi connectivity index (χ3n) is 6.33. The van der Waals surface area contributed by atoms with E-state index in [2.05, 4.69) is 28.0 Å². The summed E-state index contributed by atoms with van der Waals surface area (Å²) < 4.78 is 16.6. The first kappa shape index (κ1) is 21.0. The normalized spacial score (nSPS) is 19.5. The van der Waals surface area contributed by atoms with E-state index in [1.807, 2.05) is 24.3 Å². The molecule has 2 aromatic carbocycles. The highest BCUT2D eigenvalue weighted by atomic mass is 16.5. The molecule has 162 valence electrons. The summed E-state index contributed by atoms with van der Waals surface area (Å²) in [6.07, 6.45) is 1.36. The Labute approximate surface area is 179 Å². The molecule has 2 fully saturated rings. The fraction of sp³-hybridized carbons (Fsp3) is 0.500. The fourth-order valence-corrected chi connectivity index (χ4v) is 4.50. The van der Waals surface area contributed by atoms with E-state index in [9.17, 15) is 5.11 Å². The SMILES string of the molecule is COc1cc(N2CCOCC2)ccc1CN1CCC(O)(c2ccccc2OC)CC1. The lowest BCUT2D eigenvalue weighted by Gasteiger charge is -2.39. The third kappa shape index (κ3) is 4.41. The Morgan fingerprint density at radius 1 is 0.933 bits per heavy atom. The van der Waals surface area contributed by atoms with Gasteiger partial charge in [-0.15, -0.1) is 0 Å². The van der Waals surface area contributed by atoms with E-state index >= 15 is 0 Å². The highest BCUT2D eigenvalue weighted by Gasteiger charge is 2.36. The predicted octanol–water partition coefficient (Wildman–Crippen LogP) is 3.02. The topological polar surface area (TPSA) is 54.4 Å². The van der Waals surface area contributed by atoms with Crippen LogP contribution in [-0.4, -0.2) is 63.6 Å². The van der Waals surface area contributed by atoms with E-state index in [0.717, 1.165) is 63.0 Å². The van der Waals surface area contributed by atoms with Gasteiger partial charge < -0.3 is 24.2 Å². The second-order valence-corrected chi connectivity index (χ2v) is 8.10. The molecular weight excluding hydrogens is 380 g/mol. The molecule has 0 spiro atoms. The van der Waals surface area contributed by atoms with Crippen molar-refractivity contribution >= 4 is 5.69 Å². The molecule has 2 aromatic rings. The van der Waals surface area contributed by atoms with E-state index < -0.39 is 5.60 Å². The number of methoxy groups -OCH3 is 2. The molecule has 0 radical (unpaired) electrons. The number of piperidine rings is 1. The van der Waals surface area contributed by atoms with Gasteiger partial charge in [0.05, 0.1) is 33.0 Å². The molecule has 6 nitrogen and oxygen atoms in total. The van der Waals surface area contributed by atoms with Gasteiger partial charge in [0, 0.05) is 55.6 Å². The molecule has 4 rings (SSSR count). The molecule has 0 atom stereocenters. The molecular formula is C24H32N2O4. The van der Waals surface area contributed by atoms with Gasteiger partial charge >= 0.3 is 0 Å². The number of anilines is 1. The summed E-state index contributed by atoms with van der Waals surface area (Å²) in [4.78, 5) is 4.72. The van der Waals surface area contributed by atoms with Crippen molar-refractivity contribution in [1.82, 2.24) is 4.90 Å². The number of para-hydroxylation sites is 1. The van der Waals surface area contributed by atoms with Gasteiger partial charge in [0.2, 0.25) is 0 Å². The number of hydrogen-bond acceptors (Lipinski definition) is 6. The largest absolute Gasteiger partial charge is 0.496 e. The van der Waals surface area contributed by atoms with Crippen LogP contribution in [0.2, 0.25) is 0 Å². The number of benzene rings is 2. The lowest BCUT2D eigenvalue weighted by atomic mass is 9.83. The highest BCUT2D eigenvalue weighted by Crippen LogP contribution is 2.38. The Bertz CT molecular complexity index is 843. The maximum Gasteiger partial charge on any atom is 0.125 e. The second kappa shape index (κ2) is 9.25. The molecule has 0 amide bonds. The van der Waals surface area contributed by atoms with Crippen LogP contribution in [-0.2, 0) is 16.9 Å². The summed E-state index contributed by atoms with van der Waals surface area (Å²) in [5.74, 6) is 1.68. The maximum absolute atomic E-state index is 11.3. The lowest BCUT2D eigenvalue weighted by Crippen LogP contribution is -2.42. The van der Waals surface area contributed by atoms with Gasteiger partial charge in [-0.25, -0.2) is 0 Å². The Hall–Kier alpha value is -2.28. The zero-order valence-electron chi connectivity index (χ0n) is 18.0. The average Bonchev–Trinajstić information content (AvgIpc) is 2.81. The Morgan fingerprint density at radius 2 is 1.63 bits per heavy atom. The maximum atomic E-state index is 11.3. The molecule has 2 aliphatic rings. The smallest absolute Gasteiger partial charge is 0.125 e. The minimum atomic E-state index is -0.840. The van der Waals surface area contributed by atoms with Crippen molar-refractivity contribution in [2.45, 2.75) is 25.0 Å². The summed E-state index contributed by atoms with van der Waals surface area (Å²) in [6, 6.07) is 14.3. The summed E-state index contributed by atoms with van der Waals surface area (Å²) in [7, 11) is 3.39. The van der Waals surface area contributed by atoms with Crippen molar-refractivity contribution in [2.24, 2.45) is 0 Å². The van der Waals surface area contributed by atoms with Crippen molar-refractivity contribution < 1.29 is 19.3 Å². The second-order valence-electron chi connectivity index (χ2n) is 8.10. The van der Waals surface area contributed by atoms with Crippen LogP contribution >= 0.6 is 0 Å². The van der Waals surface area contributed by atoms with Gasteiger partial charge in [0.1, 0.15) is 11.5 Å². The zero-order valence-corrected chi connectivity index (χ0v) is 18.0. The molecule has 0 aliphatic carbocycles. The van der Waals surface area contributed by atoms with Crippen molar-refractivity contribution in [3.05, 3.63) is 53.6 Å². The quantitative estimate of drug-likeness (QED) is 0.787. The van der Waals surface area contributed by atoms with Gasteiger partial charge in [-0.05, 0) is 25.0 Å². The molecule has 0 saturated carbocycles. The van der Waals surface area contributed by atoms with Gasteiger partial charge in [0.25, 0.3) is 0 Å². The molecule has 0 unspecified atom stereocenters. The van der Waals surface area contributed by atoms with E-state index in [-0.39, 0.29) is 0 Å². The standard InChI is InChI=1S/C24H32N2O4/c1-28-22-6-4-3-5-21(22)24(27)9-11-25(12-10-24)18-19-7-8-20(17-23(19)29-2)26-13-15-30-16-14-26/h3-8,17,27H,9-16,18H2,1-2H3. The number of likely N-dealkylation sites (tertiary alicyclic amines) is 1. The molecule has 0 bridgehead atoms. The molecule has 2 saturated heterocycles. The Balaban J connectivity index is 1.42. The molecule has 2 heterocycles. The molecule has 6 heteroatoms. The number of aliphatic hydroxyl groups is 1. The summed E-state index contributed by atoms with van der Waals surface area (Å²) >= 11 is 0. The number of nitrogens with zero attached hydrogens (tertiary/aromatic N) is 2. The summed E-state index contributed by atoms with van der Waals surface area (Å²) in [6.45, 7) is 5.83. The first-order valence-corrected chi connectivity index (χ1v) is 10.7. The number of ether oxygens (including phenoxy) is 3. The number of morpholine rings is 1. The van der Waals surface area contributed by atoms with Crippen molar-refractivity contribution in [3.63, 3.8) is 0 Å². The van der Waals surface area contributed by atoms with Crippen LogP contribution in [0.15, 0.2) is 42.5 Å². The van der Waals surface area contributed by atoms with Crippen LogP contribution in [0, 0.1) is 0 Å². The highest BCUT2D eigenvalue weighted by molar-refractivity contribution is 5.54. The minimum Gasteiger partial charge on any atom is -0.496 e. The zero-order chi connectivity index (χ0) is 21.0. The number of hydrogen-bond donors (Lipinski definition) is 1. The fourth-order valence-electron chi connectivity index (χ4n) is 4.50. The van der Waals surface area contributed by atoms with Gasteiger partial charge in [-0.1, -0.05) is 24.3 Å². The third-order valence-corrected chi connectivity index (χ3v) is 6.33. The van der Waals surface area contributed by atoms with E-state index in [4.69, 9.17) is 14.2 Å². The monoisotopic (exact) mass is 412 g/mol. The molecule has 2 aliphatic heterocycles. The van der Waals surface area contributed by atoms with Crippen molar-refractivity contribution in [1.29, 1.82) is 0 Å². The average molecular weight is 413 g/mol. The van der Waals surface area contributed by atoms with Crippen LogP contribution in [0.3, 0.4) is 0 Å². The Kier molecular flexibility index (Phi) is 6.46. The number of rotatable bonds is 6. The first-order valence-electron chi connectivity index (χ1n) is 10.7. The Morgan fingerprint density at radius 3 is 2.33 bits per heavy atom. The lowest BCUT2D eigenvalue weighted by molar-refractivity contribution is -0.0293. The summed E-state index contributed by atoms with van der Waals surface area (Å²) in [5.41, 5.74) is 2.41. The van der Waals surface area contributed by atoms with E-state index in [1.165, 1.54) is 11.3 Å². The van der Waals surface area contributed by atoms with Crippen LogP contribution in [0.5, 0.6) is 11.5 Å². The predicted molar refractivity (Wildman–Crippen MR) is 117 cm³/mol. The van der Waals surface area contributed by atoms with Crippen molar-refractivity contribution in [3.8, 4) is 11.5 Å². The summed E-state index contributed by atoms with van der Waals surface area (Å²) in [5, 5.41) is 11.3. The van der Waals surface area contributed by atoms with Crippen LogP contribution in [0.4, 0.5) is 5.69 Å². The molecule has 1 N–H and O–H groups in total. The van der Waals surface area contributed by atoms with Crippen LogP contribution in [0.1, 0.15) is 24.0 Å². The van der Waals surface area contributed by atoms with Crippen molar-refractivity contribution in [2.75, 3.05) is 58.5 Å². The molecule has 30 heavy (non-hydrogen) atoms. The molecule has 0 aromatic heterocycles. The van der Waals surface area contributed by atoms with Gasteiger partial charge in [0.15, 0.2) is 0 Å². The van der Waals surface area contributed by atoms with E-state index in [0.29, 0.717) is 12.8 Å². The van der Waals surface area contributed by atoms with Crippen LogP contribution < -0.4 is 14.4 Å². The minimum absolute atomic E-state index is 0.682. The first-order chi connectivity index (χ1) is 14.6. The van der Waals surface area contributed by atoms with Gasteiger partial charge in [-0.2, -0.15) is 0 Å².